The Morgan fingerprint density at radius 2 is 2.00 bits per heavy atom. The number of benzene rings is 2. The number of hydrogen-bond acceptors (Lipinski definition) is 3. The van der Waals surface area contributed by atoms with Crippen LogP contribution in [0.2, 0.25) is 0 Å². The van der Waals surface area contributed by atoms with Gasteiger partial charge in [-0.3, -0.25) is 9.78 Å². The summed E-state index contributed by atoms with van der Waals surface area (Å²) < 4.78 is 0. The van der Waals surface area contributed by atoms with E-state index in [0.717, 1.165) is 10.9 Å². The lowest BCUT2D eigenvalue weighted by Crippen LogP contribution is -2.12. The van der Waals surface area contributed by atoms with Gasteiger partial charge in [0.2, 0.25) is 0 Å². The van der Waals surface area contributed by atoms with Gasteiger partial charge in [-0.15, -0.1) is 0 Å². The molecule has 0 radical (unpaired) electrons. The number of rotatable bonds is 2. The first-order valence-electron chi connectivity index (χ1n) is 6.66. The minimum absolute atomic E-state index is 0.145. The van der Waals surface area contributed by atoms with E-state index in [0.29, 0.717) is 22.5 Å². The number of carbonyl (C=O) groups is 1. The second-order valence-electron chi connectivity index (χ2n) is 4.93. The lowest BCUT2D eigenvalue weighted by molar-refractivity contribution is 0.102. The van der Waals surface area contributed by atoms with Crippen LogP contribution in [0.25, 0.3) is 10.9 Å². The Balaban J connectivity index is 1.99. The molecule has 0 saturated carbocycles. The van der Waals surface area contributed by atoms with Crippen molar-refractivity contribution in [2.75, 3.05) is 11.1 Å². The van der Waals surface area contributed by atoms with Crippen molar-refractivity contribution in [1.82, 2.24) is 4.98 Å². The Bertz CT molecular complexity index is 827. The molecule has 0 fully saturated rings. The summed E-state index contributed by atoms with van der Waals surface area (Å²) in [5, 5.41) is 3.75. The first-order valence-corrected chi connectivity index (χ1v) is 6.66. The second kappa shape index (κ2) is 5.25. The Morgan fingerprint density at radius 1 is 1.14 bits per heavy atom. The van der Waals surface area contributed by atoms with Gasteiger partial charge in [0.25, 0.3) is 5.91 Å². The largest absolute Gasteiger partial charge is 0.397 e. The summed E-state index contributed by atoms with van der Waals surface area (Å²) >= 11 is 0. The summed E-state index contributed by atoms with van der Waals surface area (Å²) in [5.74, 6) is -0.145. The molecular weight excluding hydrogens is 262 g/mol. The van der Waals surface area contributed by atoms with E-state index in [1.807, 2.05) is 37.3 Å². The molecule has 0 saturated heterocycles. The lowest BCUT2D eigenvalue weighted by Gasteiger charge is -2.10. The molecule has 4 heteroatoms. The maximum atomic E-state index is 12.3. The van der Waals surface area contributed by atoms with Crippen molar-refractivity contribution in [3.8, 4) is 0 Å². The van der Waals surface area contributed by atoms with E-state index in [-0.39, 0.29) is 5.91 Å². The highest BCUT2D eigenvalue weighted by atomic mass is 16.1. The number of nitrogens with zero attached hydrogens (tertiary/aromatic N) is 1. The van der Waals surface area contributed by atoms with E-state index in [1.54, 1.807) is 24.4 Å². The first kappa shape index (κ1) is 13.1. The predicted molar refractivity (Wildman–Crippen MR) is 85.3 cm³/mol. The Morgan fingerprint density at radius 3 is 2.81 bits per heavy atom. The molecule has 3 N–H and O–H groups in total. The van der Waals surface area contributed by atoms with Crippen LogP contribution in [0, 0.1) is 6.92 Å². The quantitative estimate of drug-likeness (QED) is 0.706. The molecule has 3 aromatic rings. The van der Waals surface area contributed by atoms with Gasteiger partial charge in [0.1, 0.15) is 0 Å². The third-order valence-electron chi connectivity index (χ3n) is 3.33. The molecule has 1 amide bonds. The smallest absolute Gasteiger partial charge is 0.255 e. The van der Waals surface area contributed by atoms with Crippen LogP contribution < -0.4 is 11.1 Å². The van der Waals surface area contributed by atoms with Crippen molar-refractivity contribution in [3.63, 3.8) is 0 Å². The van der Waals surface area contributed by atoms with Gasteiger partial charge in [-0.05, 0) is 43.3 Å². The number of pyridine rings is 1. The lowest BCUT2D eigenvalue weighted by atomic mass is 10.1. The molecule has 4 nitrogen and oxygen atoms in total. The number of nitrogens with two attached hydrogens (primary N) is 1. The van der Waals surface area contributed by atoms with E-state index in [1.165, 1.54) is 0 Å². The van der Waals surface area contributed by atoms with Gasteiger partial charge in [0.05, 0.1) is 16.9 Å². The van der Waals surface area contributed by atoms with Crippen LogP contribution in [0.15, 0.2) is 54.7 Å². The molecule has 0 aliphatic rings. The summed E-state index contributed by atoms with van der Waals surface area (Å²) in [4.78, 5) is 16.6. The zero-order valence-corrected chi connectivity index (χ0v) is 11.6. The number of fused-ring (bicyclic) bond motifs is 1. The molecule has 0 spiro atoms. The second-order valence-corrected chi connectivity index (χ2v) is 4.93. The monoisotopic (exact) mass is 277 g/mol. The van der Waals surface area contributed by atoms with Crippen LogP contribution in [-0.2, 0) is 0 Å². The number of nitrogens with one attached hydrogen (secondary N) is 1. The molecular formula is C17H15N3O. The van der Waals surface area contributed by atoms with Gasteiger partial charge in [-0.2, -0.15) is 0 Å². The van der Waals surface area contributed by atoms with Gasteiger partial charge < -0.3 is 11.1 Å². The number of carbonyl (C=O) groups excluding carboxylic acids is 1. The molecule has 0 atom stereocenters. The Labute approximate surface area is 122 Å². The predicted octanol–water partition coefficient (Wildman–Crippen LogP) is 3.38. The molecule has 3 rings (SSSR count). The molecule has 0 aliphatic carbocycles. The highest BCUT2D eigenvalue weighted by Gasteiger charge is 2.10. The first-order chi connectivity index (χ1) is 10.1. The van der Waals surface area contributed by atoms with E-state index in [2.05, 4.69) is 10.3 Å². The molecule has 1 aromatic heterocycles. The number of aryl methyl sites for hydroxylation is 1. The summed E-state index contributed by atoms with van der Waals surface area (Å²) in [7, 11) is 0. The molecule has 0 bridgehead atoms. The normalized spacial score (nSPS) is 10.5. The fraction of sp³-hybridized carbons (Fsp3) is 0.0588. The molecule has 21 heavy (non-hydrogen) atoms. The highest BCUT2D eigenvalue weighted by Crippen LogP contribution is 2.26. The summed E-state index contributed by atoms with van der Waals surface area (Å²) in [5.41, 5.74) is 9.59. The molecule has 1 heterocycles. The zero-order valence-electron chi connectivity index (χ0n) is 11.6. The Hall–Kier alpha value is -2.88. The fourth-order valence-corrected chi connectivity index (χ4v) is 2.28. The van der Waals surface area contributed by atoms with Gasteiger partial charge in [-0.25, -0.2) is 0 Å². The summed E-state index contributed by atoms with van der Waals surface area (Å²) in [6, 6.07) is 14.7. The maximum absolute atomic E-state index is 12.3. The maximum Gasteiger partial charge on any atom is 0.255 e. The van der Waals surface area contributed by atoms with Crippen LogP contribution in [0.5, 0.6) is 0 Å². The number of anilines is 2. The van der Waals surface area contributed by atoms with Crippen LogP contribution in [-0.4, -0.2) is 10.9 Å². The van der Waals surface area contributed by atoms with Crippen molar-refractivity contribution in [2.24, 2.45) is 0 Å². The minimum atomic E-state index is -0.145. The van der Waals surface area contributed by atoms with Crippen molar-refractivity contribution >= 4 is 28.2 Å². The molecule has 2 aromatic carbocycles. The summed E-state index contributed by atoms with van der Waals surface area (Å²) in [6.45, 7) is 1.96. The van der Waals surface area contributed by atoms with E-state index >= 15 is 0 Å². The van der Waals surface area contributed by atoms with Crippen LogP contribution in [0.4, 0.5) is 11.4 Å². The molecule has 104 valence electrons. The average molecular weight is 277 g/mol. The van der Waals surface area contributed by atoms with Crippen molar-refractivity contribution in [2.45, 2.75) is 6.92 Å². The highest BCUT2D eigenvalue weighted by molar-refractivity contribution is 6.10. The third kappa shape index (κ3) is 2.56. The van der Waals surface area contributed by atoms with Crippen molar-refractivity contribution < 1.29 is 4.79 Å². The fourth-order valence-electron chi connectivity index (χ4n) is 2.28. The zero-order chi connectivity index (χ0) is 14.8. The van der Waals surface area contributed by atoms with Crippen LogP contribution in [0.1, 0.15) is 15.9 Å². The van der Waals surface area contributed by atoms with Gasteiger partial charge in [-0.1, -0.05) is 17.7 Å². The standard InChI is InChI=1S/C17H15N3O/c1-11-4-2-5-12(10-11)17(21)20-15-8-7-14(18)16-13(15)6-3-9-19-16/h2-10H,18H2,1H3,(H,20,21). The Kier molecular flexibility index (Phi) is 3.28. The van der Waals surface area contributed by atoms with Crippen LogP contribution in [0.3, 0.4) is 0 Å². The van der Waals surface area contributed by atoms with E-state index < -0.39 is 0 Å². The molecule has 0 unspecified atom stereocenters. The number of aromatic nitrogens is 1. The number of amides is 1. The van der Waals surface area contributed by atoms with Gasteiger partial charge >= 0.3 is 0 Å². The topological polar surface area (TPSA) is 68.0 Å². The summed E-state index contributed by atoms with van der Waals surface area (Å²) in [6.07, 6.45) is 1.69. The SMILES string of the molecule is Cc1cccc(C(=O)Nc2ccc(N)c3ncccc23)c1. The van der Waals surface area contributed by atoms with Gasteiger partial charge in [0.15, 0.2) is 0 Å². The van der Waals surface area contributed by atoms with E-state index in [9.17, 15) is 4.79 Å². The minimum Gasteiger partial charge on any atom is -0.397 e. The van der Waals surface area contributed by atoms with Crippen molar-refractivity contribution in [3.05, 3.63) is 65.9 Å². The van der Waals surface area contributed by atoms with Crippen LogP contribution >= 0.6 is 0 Å². The third-order valence-corrected chi connectivity index (χ3v) is 3.33. The van der Waals surface area contributed by atoms with Gasteiger partial charge in [0, 0.05) is 17.1 Å². The number of hydrogen-bond donors (Lipinski definition) is 2. The van der Waals surface area contributed by atoms with Crippen molar-refractivity contribution in [1.29, 1.82) is 0 Å². The van der Waals surface area contributed by atoms with E-state index in [4.69, 9.17) is 5.73 Å². The average Bonchev–Trinajstić information content (AvgIpc) is 2.50. The number of nitrogen functional groups attached to an aromatic ring is 1. The molecule has 0 aliphatic heterocycles.